The molecule has 2 N–H and O–H groups in total. The number of thioether (sulfide) groups is 1. The number of carbonyl (C=O) groups excluding carboxylic acids is 3. The second-order valence-electron chi connectivity index (χ2n) is 7.37. The molecule has 4 atom stereocenters. The van der Waals surface area contributed by atoms with Gasteiger partial charge in [-0.2, -0.15) is 0 Å². The summed E-state index contributed by atoms with van der Waals surface area (Å²) in [6.07, 6.45) is 0. The molecule has 3 amide bonds. The van der Waals surface area contributed by atoms with Gasteiger partial charge in [0.1, 0.15) is 17.5 Å². The highest BCUT2D eigenvalue weighted by Crippen LogP contribution is 2.48. The fourth-order valence-electron chi connectivity index (χ4n) is 3.78. The molecule has 0 radical (unpaired) electrons. The molecule has 4 rings (SSSR count). The van der Waals surface area contributed by atoms with Crippen LogP contribution in [0.5, 0.6) is 0 Å². The van der Waals surface area contributed by atoms with Gasteiger partial charge in [0.15, 0.2) is 0 Å². The maximum absolute atomic E-state index is 12.9. The molecule has 1 saturated heterocycles. The normalized spacial score (nSPS) is 21.9. The van der Waals surface area contributed by atoms with Crippen molar-refractivity contribution < 1.29 is 14.4 Å². The number of nitrogens with one attached hydrogen (secondary N) is 2. The lowest BCUT2D eigenvalue weighted by Crippen LogP contribution is -2.52. The summed E-state index contributed by atoms with van der Waals surface area (Å²) < 4.78 is 0. The van der Waals surface area contributed by atoms with Crippen LogP contribution >= 0.6 is 11.8 Å². The van der Waals surface area contributed by atoms with Gasteiger partial charge in [-0.1, -0.05) is 48.5 Å². The summed E-state index contributed by atoms with van der Waals surface area (Å²) >= 11 is 1.58. The number of nitrogens with zero attached hydrogens (tertiary/aromatic N) is 1. The third kappa shape index (κ3) is 3.62. The van der Waals surface area contributed by atoms with Crippen LogP contribution in [0.1, 0.15) is 46.7 Å². The lowest BCUT2D eigenvalue weighted by Gasteiger charge is -2.25. The van der Waals surface area contributed by atoms with E-state index in [0.29, 0.717) is 11.3 Å². The molecule has 0 saturated carbocycles. The molecule has 0 unspecified atom stereocenters. The van der Waals surface area contributed by atoms with E-state index < -0.39 is 12.1 Å². The maximum atomic E-state index is 12.9. The Morgan fingerprint density at radius 1 is 1.03 bits per heavy atom. The average Bonchev–Trinajstić information content (AvgIpc) is 3.29. The Kier molecular flexibility index (Phi) is 5.32. The predicted octanol–water partition coefficient (Wildman–Crippen LogP) is 2.64. The topological polar surface area (TPSA) is 78.5 Å². The van der Waals surface area contributed by atoms with Gasteiger partial charge in [0.25, 0.3) is 5.91 Å². The zero-order chi connectivity index (χ0) is 20.5. The summed E-state index contributed by atoms with van der Waals surface area (Å²) in [5.41, 5.74) is 2.61. The molecule has 2 aromatic carbocycles. The molecule has 0 aromatic heterocycles. The summed E-state index contributed by atoms with van der Waals surface area (Å²) in [5.74, 6) is -0.152. The van der Waals surface area contributed by atoms with E-state index in [1.165, 1.54) is 0 Å². The summed E-state index contributed by atoms with van der Waals surface area (Å²) in [6, 6.07) is 15.7. The van der Waals surface area contributed by atoms with Crippen LogP contribution in [0.25, 0.3) is 0 Å². The van der Waals surface area contributed by atoms with E-state index in [9.17, 15) is 14.4 Å². The van der Waals surface area contributed by atoms with E-state index in [2.05, 4.69) is 10.6 Å². The SMILES string of the molecule is C[C@H](NC(=O)[C@@H]1CS[C@@H]2c3ccccc3C(=O)N21)C(=O)N[C@H](C)c1ccccc1. The Morgan fingerprint density at radius 2 is 1.72 bits per heavy atom. The summed E-state index contributed by atoms with van der Waals surface area (Å²) in [5, 5.41) is 5.57. The Hall–Kier alpha value is -2.80. The largest absolute Gasteiger partial charge is 0.348 e. The Balaban J connectivity index is 1.38. The average molecular weight is 410 g/mol. The highest BCUT2D eigenvalue weighted by atomic mass is 32.2. The van der Waals surface area contributed by atoms with Crippen LogP contribution in [0.3, 0.4) is 0 Å². The van der Waals surface area contributed by atoms with Gasteiger partial charge < -0.3 is 15.5 Å². The monoisotopic (exact) mass is 409 g/mol. The number of rotatable bonds is 5. The maximum Gasteiger partial charge on any atom is 0.256 e. The molecule has 2 aliphatic rings. The molecule has 2 aliphatic heterocycles. The number of amides is 3. The molecule has 0 spiro atoms. The van der Waals surface area contributed by atoms with Gasteiger partial charge in [0.05, 0.1) is 6.04 Å². The molecule has 7 heteroatoms. The van der Waals surface area contributed by atoms with Gasteiger partial charge in [-0.25, -0.2) is 0 Å². The summed E-state index contributed by atoms with van der Waals surface area (Å²) in [4.78, 5) is 39.8. The van der Waals surface area contributed by atoms with E-state index in [-0.39, 0.29) is 29.1 Å². The third-order valence-electron chi connectivity index (χ3n) is 5.41. The van der Waals surface area contributed by atoms with Crippen LogP contribution in [0.15, 0.2) is 54.6 Å². The van der Waals surface area contributed by atoms with Gasteiger partial charge in [-0.05, 0) is 31.0 Å². The summed E-state index contributed by atoms with van der Waals surface area (Å²) in [7, 11) is 0. The van der Waals surface area contributed by atoms with Gasteiger partial charge >= 0.3 is 0 Å². The Bertz CT molecular complexity index is 949. The van der Waals surface area contributed by atoms with Crippen molar-refractivity contribution in [3.8, 4) is 0 Å². The zero-order valence-corrected chi connectivity index (χ0v) is 17.1. The minimum atomic E-state index is -0.696. The second kappa shape index (κ2) is 7.91. The second-order valence-corrected chi connectivity index (χ2v) is 8.49. The molecule has 2 heterocycles. The van der Waals surface area contributed by atoms with Crippen molar-refractivity contribution in [2.24, 2.45) is 0 Å². The Morgan fingerprint density at radius 3 is 2.48 bits per heavy atom. The van der Waals surface area contributed by atoms with Crippen molar-refractivity contribution in [2.45, 2.75) is 37.3 Å². The molecule has 29 heavy (non-hydrogen) atoms. The number of benzene rings is 2. The van der Waals surface area contributed by atoms with Gasteiger partial charge in [-0.3, -0.25) is 14.4 Å². The van der Waals surface area contributed by atoms with Crippen LogP contribution in [-0.4, -0.2) is 40.5 Å². The van der Waals surface area contributed by atoms with Gasteiger partial charge in [0.2, 0.25) is 11.8 Å². The first-order valence-corrected chi connectivity index (χ1v) is 10.7. The fourth-order valence-corrected chi connectivity index (χ4v) is 5.25. The number of carbonyl (C=O) groups is 3. The van der Waals surface area contributed by atoms with Crippen LogP contribution < -0.4 is 10.6 Å². The fraction of sp³-hybridized carbons (Fsp3) is 0.318. The molecular formula is C22H23N3O3S. The van der Waals surface area contributed by atoms with Crippen molar-refractivity contribution in [1.82, 2.24) is 15.5 Å². The molecule has 150 valence electrons. The van der Waals surface area contributed by atoms with Crippen LogP contribution in [0.2, 0.25) is 0 Å². The zero-order valence-electron chi connectivity index (χ0n) is 16.3. The third-order valence-corrected chi connectivity index (χ3v) is 6.71. The number of hydrogen-bond acceptors (Lipinski definition) is 4. The van der Waals surface area contributed by atoms with E-state index in [0.717, 1.165) is 11.1 Å². The molecule has 1 fully saturated rings. The molecule has 2 aromatic rings. The van der Waals surface area contributed by atoms with Gasteiger partial charge in [-0.15, -0.1) is 11.8 Å². The van der Waals surface area contributed by atoms with Crippen molar-refractivity contribution >= 4 is 29.5 Å². The minimum absolute atomic E-state index is 0.120. The van der Waals surface area contributed by atoms with E-state index in [4.69, 9.17) is 0 Å². The summed E-state index contributed by atoms with van der Waals surface area (Å²) in [6.45, 7) is 3.56. The van der Waals surface area contributed by atoms with Crippen LogP contribution in [0, 0.1) is 0 Å². The lowest BCUT2D eigenvalue weighted by molar-refractivity contribution is -0.130. The lowest BCUT2D eigenvalue weighted by atomic mass is 10.1. The van der Waals surface area contributed by atoms with Crippen LogP contribution in [0.4, 0.5) is 0 Å². The Labute approximate surface area is 174 Å². The van der Waals surface area contributed by atoms with E-state index in [1.54, 1.807) is 29.7 Å². The highest BCUT2D eigenvalue weighted by Gasteiger charge is 2.48. The molecular weight excluding hydrogens is 386 g/mol. The first-order valence-electron chi connectivity index (χ1n) is 9.66. The molecule has 0 aliphatic carbocycles. The number of fused-ring (bicyclic) bond motifs is 3. The van der Waals surface area contributed by atoms with Crippen molar-refractivity contribution in [1.29, 1.82) is 0 Å². The quantitative estimate of drug-likeness (QED) is 0.796. The first kappa shape index (κ1) is 19.5. The smallest absolute Gasteiger partial charge is 0.256 e. The predicted molar refractivity (Wildman–Crippen MR) is 112 cm³/mol. The van der Waals surface area contributed by atoms with E-state index >= 15 is 0 Å². The van der Waals surface area contributed by atoms with Crippen molar-refractivity contribution in [3.05, 3.63) is 71.3 Å². The number of hydrogen-bond donors (Lipinski definition) is 2. The highest BCUT2D eigenvalue weighted by molar-refractivity contribution is 7.99. The van der Waals surface area contributed by atoms with Crippen molar-refractivity contribution in [3.63, 3.8) is 0 Å². The molecule has 0 bridgehead atoms. The first-order chi connectivity index (χ1) is 14.0. The van der Waals surface area contributed by atoms with Crippen molar-refractivity contribution in [2.75, 3.05) is 5.75 Å². The van der Waals surface area contributed by atoms with Crippen LogP contribution in [-0.2, 0) is 9.59 Å². The van der Waals surface area contributed by atoms with E-state index in [1.807, 2.05) is 55.5 Å². The van der Waals surface area contributed by atoms with Gasteiger partial charge in [0, 0.05) is 11.3 Å². The standard InChI is InChI=1S/C22H23N3O3S/c1-13(15-8-4-3-5-9-15)23-19(26)14(2)24-20(27)18-12-29-22-17-11-7-6-10-16(17)21(28)25(18)22/h3-11,13-14,18,22H,12H2,1-2H3,(H,23,26)(H,24,27)/t13-,14+,18+,22-/m1/s1. The molecule has 6 nitrogen and oxygen atoms in total. The minimum Gasteiger partial charge on any atom is -0.348 e.